The molecule has 7 nitrogen and oxygen atoms in total. The van der Waals surface area contributed by atoms with Crippen LogP contribution >= 0.6 is 0 Å². The fraction of sp³-hybridized carbons (Fsp3) is 0.688. The van der Waals surface area contributed by atoms with Crippen molar-refractivity contribution in [2.75, 3.05) is 31.1 Å². The average Bonchev–Trinajstić information content (AvgIpc) is 2.54. The van der Waals surface area contributed by atoms with Crippen LogP contribution in [0.15, 0.2) is 17.1 Å². The Bertz CT molecular complexity index is 558. The number of amides is 1. The average molecular weight is 322 g/mol. The summed E-state index contributed by atoms with van der Waals surface area (Å²) in [5.41, 5.74) is 0.552. The van der Waals surface area contributed by atoms with Crippen LogP contribution in [0.25, 0.3) is 0 Å². The molecule has 1 saturated heterocycles. The predicted octanol–water partition coefficient (Wildman–Crippen LogP) is 0.918. The molecule has 128 valence electrons. The van der Waals surface area contributed by atoms with Crippen LogP contribution in [0.3, 0.4) is 0 Å². The van der Waals surface area contributed by atoms with Crippen molar-refractivity contribution in [1.82, 2.24) is 15.5 Å². The molecule has 0 aliphatic carbocycles. The number of ether oxygens (including phenoxy) is 1. The Morgan fingerprint density at radius 1 is 1.57 bits per heavy atom. The van der Waals surface area contributed by atoms with Crippen LogP contribution in [0.4, 0.5) is 5.69 Å². The van der Waals surface area contributed by atoms with Gasteiger partial charge in [0.1, 0.15) is 0 Å². The Labute approximate surface area is 136 Å². The van der Waals surface area contributed by atoms with E-state index in [-0.39, 0.29) is 23.5 Å². The van der Waals surface area contributed by atoms with Crippen molar-refractivity contribution >= 4 is 11.6 Å². The molecule has 0 spiro atoms. The van der Waals surface area contributed by atoms with Gasteiger partial charge in [0, 0.05) is 32.3 Å². The maximum atomic E-state index is 12.3. The van der Waals surface area contributed by atoms with E-state index in [0.717, 1.165) is 31.5 Å². The van der Waals surface area contributed by atoms with Crippen LogP contribution in [0.1, 0.15) is 33.1 Å². The highest BCUT2D eigenvalue weighted by atomic mass is 16.5. The van der Waals surface area contributed by atoms with Gasteiger partial charge in [-0.15, -0.1) is 0 Å². The van der Waals surface area contributed by atoms with E-state index in [0.29, 0.717) is 19.7 Å². The number of rotatable bonds is 7. The summed E-state index contributed by atoms with van der Waals surface area (Å²) in [6.07, 6.45) is 4.48. The number of carbonyl (C=O) groups is 1. The van der Waals surface area contributed by atoms with E-state index >= 15 is 0 Å². The number of H-pyrrole nitrogens is 1. The number of aromatic amines is 1. The number of hydrogen-bond donors (Lipinski definition) is 2. The number of nitrogens with zero attached hydrogens (tertiary/aromatic N) is 2. The monoisotopic (exact) mass is 322 g/mol. The third-order valence-corrected chi connectivity index (χ3v) is 3.88. The maximum Gasteiger partial charge on any atom is 0.266 e. The van der Waals surface area contributed by atoms with Gasteiger partial charge < -0.3 is 15.0 Å². The van der Waals surface area contributed by atoms with Gasteiger partial charge in [0.05, 0.1) is 23.9 Å². The maximum absolute atomic E-state index is 12.3. The molecular formula is C16H26N4O3. The zero-order valence-corrected chi connectivity index (χ0v) is 13.9. The van der Waals surface area contributed by atoms with Crippen molar-refractivity contribution in [3.63, 3.8) is 0 Å². The fourth-order valence-electron chi connectivity index (χ4n) is 2.71. The zero-order chi connectivity index (χ0) is 16.7. The lowest BCUT2D eigenvalue weighted by Crippen LogP contribution is -2.43. The van der Waals surface area contributed by atoms with Crippen LogP contribution in [-0.2, 0) is 9.53 Å². The van der Waals surface area contributed by atoms with Crippen LogP contribution < -0.4 is 15.8 Å². The zero-order valence-electron chi connectivity index (χ0n) is 13.9. The summed E-state index contributed by atoms with van der Waals surface area (Å²) in [7, 11) is 0. The first-order chi connectivity index (χ1) is 11.1. The van der Waals surface area contributed by atoms with Crippen molar-refractivity contribution in [3.8, 4) is 0 Å². The van der Waals surface area contributed by atoms with Crippen LogP contribution in [-0.4, -0.2) is 48.4 Å². The van der Waals surface area contributed by atoms with E-state index in [2.05, 4.69) is 20.4 Å². The van der Waals surface area contributed by atoms with Gasteiger partial charge in [-0.05, 0) is 33.1 Å². The number of nitrogens with one attached hydrogen (secondary N) is 2. The molecule has 1 amide bonds. The van der Waals surface area contributed by atoms with E-state index in [1.165, 1.54) is 6.07 Å². The van der Waals surface area contributed by atoms with Gasteiger partial charge in [0.2, 0.25) is 5.91 Å². The second-order valence-electron chi connectivity index (χ2n) is 6.15. The van der Waals surface area contributed by atoms with Crippen molar-refractivity contribution in [1.29, 1.82) is 0 Å². The van der Waals surface area contributed by atoms with Gasteiger partial charge in [-0.1, -0.05) is 0 Å². The molecule has 1 atom stereocenters. The molecule has 0 bridgehead atoms. The summed E-state index contributed by atoms with van der Waals surface area (Å²) in [5, 5.41) is 9.17. The van der Waals surface area contributed by atoms with Crippen molar-refractivity contribution in [2.45, 2.75) is 39.2 Å². The molecule has 2 N–H and O–H groups in total. The largest absolute Gasteiger partial charge is 0.379 e. The highest BCUT2D eigenvalue weighted by molar-refractivity contribution is 5.79. The first-order valence-electron chi connectivity index (χ1n) is 8.25. The van der Waals surface area contributed by atoms with Gasteiger partial charge in [0.15, 0.2) is 0 Å². The summed E-state index contributed by atoms with van der Waals surface area (Å²) in [4.78, 5) is 25.7. The smallest absolute Gasteiger partial charge is 0.266 e. The molecular weight excluding hydrogens is 296 g/mol. The van der Waals surface area contributed by atoms with Gasteiger partial charge in [-0.2, -0.15) is 5.10 Å². The summed E-state index contributed by atoms with van der Waals surface area (Å²) >= 11 is 0. The quantitative estimate of drug-likeness (QED) is 0.729. The number of piperidine rings is 1. The lowest BCUT2D eigenvalue weighted by Gasteiger charge is -2.33. The van der Waals surface area contributed by atoms with E-state index in [1.54, 1.807) is 6.20 Å². The van der Waals surface area contributed by atoms with Gasteiger partial charge in [-0.3, -0.25) is 9.59 Å². The molecule has 0 saturated carbocycles. The Kier molecular flexibility index (Phi) is 6.58. The van der Waals surface area contributed by atoms with Gasteiger partial charge >= 0.3 is 0 Å². The highest BCUT2D eigenvalue weighted by Gasteiger charge is 2.26. The van der Waals surface area contributed by atoms with E-state index in [4.69, 9.17) is 4.74 Å². The number of anilines is 1. The molecule has 1 aliphatic rings. The first kappa shape index (κ1) is 17.5. The second kappa shape index (κ2) is 8.67. The third-order valence-electron chi connectivity index (χ3n) is 3.88. The summed E-state index contributed by atoms with van der Waals surface area (Å²) in [5.74, 6) is 0.0334. The second-order valence-corrected chi connectivity index (χ2v) is 6.15. The van der Waals surface area contributed by atoms with E-state index in [1.807, 2.05) is 13.8 Å². The molecule has 2 heterocycles. The minimum Gasteiger partial charge on any atom is -0.379 e. The summed E-state index contributed by atoms with van der Waals surface area (Å²) in [6, 6.07) is 1.52. The summed E-state index contributed by atoms with van der Waals surface area (Å²) in [6.45, 7) is 6.76. The lowest BCUT2D eigenvalue weighted by atomic mass is 9.97. The van der Waals surface area contributed by atoms with E-state index < -0.39 is 0 Å². The topological polar surface area (TPSA) is 87.3 Å². The first-order valence-corrected chi connectivity index (χ1v) is 8.25. The minimum absolute atomic E-state index is 0.0472. The van der Waals surface area contributed by atoms with Crippen molar-refractivity contribution < 1.29 is 9.53 Å². The molecule has 0 aromatic carbocycles. The molecule has 0 radical (unpaired) electrons. The van der Waals surface area contributed by atoms with Gasteiger partial charge in [-0.25, -0.2) is 5.10 Å². The Morgan fingerprint density at radius 3 is 3.13 bits per heavy atom. The lowest BCUT2D eigenvalue weighted by molar-refractivity contribution is -0.125. The number of hydrogen-bond acceptors (Lipinski definition) is 5. The SMILES string of the molecule is CC(C)OCCCNC(=O)[C@H]1CCCN(c2cn[nH]c(=O)c2)C1. The summed E-state index contributed by atoms with van der Waals surface area (Å²) < 4.78 is 5.46. The Morgan fingerprint density at radius 2 is 2.39 bits per heavy atom. The van der Waals surface area contributed by atoms with Crippen molar-refractivity contribution in [3.05, 3.63) is 22.6 Å². The standard InChI is InChI=1S/C16H26N4O3/c1-12(2)23-8-4-6-17-16(22)13-5-3-7-20(11-13)14-9-15(21)19-18-10-14/h9-10,12-13H,3-8,11H2,1-2H3,(H,17,22)(H,19,21)/t13-/m0/s1. The van der Waals surface area contributed by atoms with E-state index in [9.17, 15) is 9.59 Å². The predicted molar refractivity (Wildman–Crippen MR) is 88.5 cm³/mol. The molecule has 2 rings (SSSR count). The third kappa shape index (κ3) is 5.67. The Hall–Kier alpha value is -1.89. The van der Waals surface area contributed by atoms with Crippen LogP contribution in [0.2, 0.25) is 0 Å². The minimum atomic E-state index is -0.223. The Balaban J connectivity index is 1.79. The van der Waals surface area contributed by atoms with Crippen molar-refractivity contribution in [2.24, 2.45) is 5.92 Å². The normalized spacial score (nSPS) is 18.2. The molecule has 7 heteroatoms. The van der Waals surface area contributed by atoms with Crippen LogP contribution in [0.5, 0.6) is 0 Å². The van der Waals surface area contributed by atoms with Crippen LogP contribution in [0, 0.1) is 5.92 Å². The molecule has 1 aromatic rings. The van der Waals surface area contributed by atoms with Gasteiger partial charge in [0.25, 0.3) is 5.56 Å². The number of carbonyl (C=O) groups excluding carboxylic acids is 1. The molecule has 23 heavy (non-hydrogen) atoms. The molecule has 1 fully saturated rings. The molecule has 1 aliphatic heterocycles. The number of aromatic nitrogens is 2. The fourth-order valence-corrected chi connectivity index (χ4v) is 2.71. The highest BCUT2D eigenvalue weighted by Crippen LogP contribution is 2.21. The molecule has 0 unspecified atom stereocenters. The molecule has 1 aromatic heterocycles.